The Morgan fingerprint density at radius 3 is 3.09 bits per heavy atom. The van der Waals surface area contributed by atoms with Crippen LogP contribution in [0.5, 0.6) is 0 Å². The molecule has 118 valence electrons. The molecule has 2 aromatic rings. The second kappa shape index (κ2) is 7.46. The highest BCUT2D eigenvalue weighted by atomic mass is 32.2. The molecule has 1 fully saturated rings. The normalized spacial score (nSPS) is 20.0. The third-order valence-corrected chi connectivity index (χ3v) is 6.04. The van der Waals surface area contributed by atoms with Crippen molar-refractivity contribution in [3.05, 3.63) is 35.2 Å². The first kappa shape index (κ1) is 15.8. The number of aliphatic hydroxyl groups excluding tert-OH is 1. The van der Waals surface area contributed by atoms with Crippen LogP contribution in [0.1, 0.15) is 17.4 Å². The minimum absolute atomic E-state index is 0.000149. The number of hydrogen-bond acceptors (Lipinski definition) is 5. The van der Waals surface area contributed by atoms with Gasteiger partial charge in [0.25, 0.3) is 0 Å². The second-order valence-corrected chi connectivity index (χ2v) is 7.70. The lowest BCUT2D eigenvalue weighted by Crippen LogP contribution is -2.41. The van der Waals surface area contributed by atoms with Gasteiger partial charge in [-0.3, -0.25) is 4.79 Å². The van der Waals surface area contributed by atoms with Gasteiger partial charge < -0.3 is 15.7 Å². The van der Waals surface area contributed by atoms with E-state index in [0.717, 1.165) is 33.0 Å². The zero-order chi connectivity index (χ0) is 15.4. The third kappa shape index (κ3) is 4.01. The van der Waals surface area contributed by atoms with Crippen molar-refractivity contribution in [2.24, 2.45) is 0 Å². The lowest BCUT2D eigenvalue weighted by molar-refractivity contribution is -0.121. The fraction of sp³-hybridized carbons (Fsp3) is 0.438. The van der Waals surface area contributed by atoms with E-state index < -0.39 is 6.10 Å². The number of aliphatic hydroxyl groups is 1. The summed E-state index contributed by atoms with van der Waals surface area (Å²) in [5.41, 5.74) is 0. The summed E-state index contributed by atoms with van der Waals surface area (Å²) in [5.74, 6) is 2.09. The molecule has 1 aliphatic rings. The topological polar surface area (TPSA) is 61.4 Å². The number of nitrogens with one attached hydrogen (secondary N) is 2. The molecule has 1 saturated heterocycles. The number of fused-ring (bicyclic) bond motifs is 1. The average Bonchev–Trinajstić information content (AvgIpc) is 2.98. The maximum Gasteiger partial charge on any atom is 0.221 e. The lowest BCUT2D eigenvalue weighted by Gasteiger charge is -2.22. The van der Waals surface area contributed by atoms with E-state index in [0.29, 0.717) is 6.42 Å². The molecule has 0 radical (unpaired) electrons. The van der Waals surface area contributed by atoms with Gasteiger partial charge in [0.15, 0.2) is 0 Å². The molecule has 2 heterocycles. The Bertz CT molecular complexity index is 605. The quantitative estimate of drug-likeness (QED) is 0.783. The maximum atomic E-state index is 12.0. The fourth-order valence-corrected chi connectivity index (χ4v) is 4.52. The van der Waals surface area contributed by atoms with Gasteiger partial charge in [-0.1, -0.05) is 18.2 Å². The van der Waals surface area contributed by atoms with Gasteiger partial charge in [0.1, 0.15) is 6.10 Å². The van der Waals surface area contributed by atoms with Gasteiger partial charge in [0.2, 0.25) is 5.91 Å². The molecule has 3 N–H and O–H groups in total. The predicted molar refractivity (Wildman–Crippen MR) is 93.5 cm³/mol. The van der Waals surface area contributed by atoms with Crippen LogP contribution in [0.4, 0.5) is 0 Å². The number of rotatable bonds is 5. The van der Waals surface area contributed by atoms with E-state index in [9.17, 15) is 9.90 Å². The minimum atomic E-state index is -0.643. The predicted octanol–water partition coefficient (Wildman–Crippen LogP) is 2.15. The summed E-state index contributed by atoms with van der Waals surface area (Å²) < 4.78 is 1.16. The van der Waals surface area contributed by atoms with Crippen LogP contribution in [-0.4, -0.2) is 41.7 Å². The zero-order valence-corrected chi connectivity index (χ0v) is 13.9. The highest BCUT2D eigenvalue weighted by molar-refractivity contribution is 7.99. The van der Waals surface area contributed by atoms with Crippen LogP contribution in [0.15, 0.2) is 30.3 Å². The molecular formula is C16H20N2O2S2. The van der Waals surface area contributed by atoms with Gasteiger partial charge in [0.05, 0.1) is 0 Å². The molecule has 3 rings (SSSR count). The second-order valence-electron chi connectivity index (χ2n) is 5.44. The first-order chi connectivity index (χ1) is 10.7. The highest BCUT2D eigenvalue weighted by Gasteiger charge is 2.18. The Morgan fingerprint density at radius 2 is 2.32 bits per heavy atom. The van der Waals surface area contributed by atoms with E-state index in [2.05, 4.69) is 10.6 Å². The lowest BCUT2D eigenvalue weighted by atomic mass is 10.2. The first-order valence-electron chi connectivity index (χ1n) is 7.47. The van der Waals surface area contributed by atoms with E-state index in [1.807, 2.05) is 42.1 Å². The standard InChI is InChI=1S/C16H20N2O2S2/c19-13(15-7-11-3-1-2-4-14(11)22-15)9-18-16(20)8-12-10-21-6-5-17-12/h1-4,7,12-13,17,19H,5-6,8-10H2,(H,18,20). The summed E-state index contributed by atoms with van der Waals surface area (Å²) in [4.78, 5) is 12.8. The molecular weight excluding hydrogens is 316 g/mol. The fourth-order valence-electron chi connectivity index (χ4n) is 2.52. The Hall–Kier alpha value is -1.08. The summed E-state index contributed by atoms with van der Waals surface area (Å²) in [7, 11) is 0. The molecule has 1 aliphatic heterocycles. The molecule has 1 aromatic carbocycles. The first-order valence-corrected chi connectivity index (χ1v) is 9.44. The van der Waals surface area contributed by atoms with Gasteiger partial charge in [-0.25, -0.2) is 0 Å². The highest BCUT2D eigenvalue weighted by Crippen LogP contribution is 2.29. The van der Waals surface area contributed by atoms with Crippen LogP contribution in [-0.2, 0) is 4.79 Å². The molecule has 4 nitrogen and oxygen atoms in total. The summed E-state index contributed by atoms with van der Waals surface area (Å²) >= 11 is 3.45. The van der Waals surface area contributed by atoms with E-state index in [1.54, 1.807) is 11.3 Å². The summed E-state index contributed by atoms with van der Waals surface area (Å²) in [6, 6.07) is 10.3. The number of carbonyl (C=O) groups is 1. The van der Waals surface area contributed by atoms with Crippen molar-refractivity contribution in [1.29, 1.82) is 0 Å². The van der Waals surface area contributed by atoms with Gasteiger partial charge >= 0.3 is 0 Å². The number of amides is 1. The smallest absolute Gasteiger partial charge is 0.221 e. The molecule has 0 bridgehead atoms. The number of thiophene rings is 1. The van der Waals surface area contributed by atoms with Crippen molar-refractivity contribution in [3.63, 3.8) is 0 Å². The van der Waals surface area contributed by atoms with Crippen LogP contribution < -0.4 is 10.6 Å². The molecule has 2 atom stereocenters. The molecule has 1 aromatic heterocycles. The largest absolute Gasteiger partial charge is 0.386 e. The Kier molecular flexibility index (Phi) is 5.36. The summed E-state index contributed by atoms with van der Waals surface area (Å²) in [6.07, 6.45) is -0.165. The SMILES string of the molecule is O=C(CC1CSCCN1)NCC(O)c1cc2ccccc2s1. The number of benzene rings is 1. The van der Waals surface area contributed by atoms with Crippen molar-refractivity contribution in [3.8, 4) is 0 Å². The van der Waals surface area contributed by atoms with Crippen LogP contribution in [0.3, 0.4) is 0 Å². The van der Waals surface area contributed by atoms with Crippen molar-refractivity contribution < 1.29 is 9.90 Å². The van der Waals surface area contributed by atoms with Crippen LogP contribution >= 0.6 is 23.1 Å². The van der Waals surface area contributed by atoms with Crippen LogP contribution in [0.2, 0.25) is 0 Å². The van der Waals surface area contributed by atoms with Gasteiger partial charge in [-0.05, 0) is 17.5 Å². The van der Waals surface area contributed by atoms with Crippen molar-refractivity contribution >= 4 is 39.1 Å². The Balaban J connectivity index is 1.50. The number of thioether (sulfide) groups is 1. The Morgan fingerprint density at radius 1 is 1.45 bits per heavy atom. The molecule has 0 aliphatic carbocycles. The monoisotopic (exact) mass is 336 g/mol. The molecule has 22 heavy (non-hydrogen) atoms. The number of carbonyl (C=O) groups excluding carboxylic acids is 1. The van der Waals surface area contributed by atoms with E-state index in [-0.39, 0.29) is 18.5 Å². The number of hydrogen-bond donors (Lipinski definition) is 3. The molecule has 6 heteroatoms. The molecule has 0 saturated carbocycles. The van der Waals surface area contributed by atoms with Gasteiger partial charge in [-0.15, -0.1) is 11.3 Å². The summed E-state index contributed by atoms with van der Waals surface area (Å²) in [5, 5.41) is 17.6. The molecule has 2 unspecified atom stereocenters. The van der Waals surface area contributed by atoms with E-state index in [1.165, 1.54) is 0 Å². The van der Waals surface area contributed by atoms with Crippen LogP contribution in [0.25, 0.3) is 10.1 Å². The minimum Gasteiger partial charge on any atom is -0.386 e. The van der Waals surface area contributed by atoms with Crippen molar-refractivity contribution in [2.75, 3.05) is 24.6 Å². The molecule has 1 amide bonds. The average molecular weight is 336 g/mol. The maximum absolute atomic E-state index is 12.0. The zero-order valence-electron chi connectivity index (χ0n) is 12.2. The Labute approximate surface area is 138 Å². The van der Waals surface area contributed by atoms with Crippen molar-refractivity contribution in [2.45, 2.75) is 18.6 Å². The van der Waals surface area contributed by atoms with Gasteiger partial charge in [-0.2, -0.15) is 11.8 Å². The van der Waals surface area contributed by atoms with E-state index >= 15 is 0 Å². The molecule has 0 spiro atoms. The van der Waals surface area contributed by atoms with Crippen molar-refractivity contribution in [1.82, 2.24) is 10.6 Å². The third-order valence-electron chi connectivity index (χ3n) is 3.70. The van der Waals surface area contributed by atoms with Gasteiger partial charge in [0, 0.05) is 46.6 Å². The van der Waals surface area contributed by atoms with Crippen LogP contribution in [0, 0.1) is 0 Å². The summed E-state index contributed by atoms with van der Waals surface area (Å²) in [6.45, 7) is 1.23. The van der Waals surface area contributed by atoms with E-state index in [4.69, 9.17) is 0 Å².